The zero-order valence-corrected chi connectivity index (χ0v) is 11.1. The van der Waals surface area contributed by atoms with Crippen LogP contribution in [0.3, 0.4) is 0 Å². The Bertz CT molecular complexity index is 551. The van der Waals surface area contributed by atoms with Gasteiger partial charge in [0.1, 0.15) is 16.5 Å². The number of methoxy groups -OCH3 is 1. The molecule has 0 aliphatic carbocycles. The van der Waals surface area contributed by atoms with Crippen molar-refractivity contribution in [2.75, 3.05) is 13.7 Å². The maximum absolute atomic E-state index is 11.6. The van der Waals surface area contributed by atoms with E-state index in [0.717, 1.165) is 16.3 Å². The Morgan fingerprint density at radius 2 is 2.22 bits per heavy atom. The largest absolute Gasteiger partial charge is 0.496 e. The van der Waals surface area contributed by atoms with E-state index in [4.69, 9.17) is 4.74 Å². The number of hydrogen-bond acceptors (Lipinski definition) is 4. The monoisotopic (exact) mass is 262 g/mol. The van der Waals surface area contributed by atoms with Crippen LogP contribution in [0.5, 0.6) is 5.75 Å². The molecule has 0 bridgehead atoms. The van der Waals surface area contributed by atoms with Crippen molar-refractivity contribution in [1.29, 1.82) is 0 Å². The first-order chi connectivity index (χ1) is 8.76. The Morgan fingerprint density at radius 1 is 1.44 bits per heavy atom. The number of hydrogen-bond donors (Lipinski definition) is 1. The first kappa shape index (κ1) is 12.6. The molecule has 0 aliphatic rings. The molecule has 0 saturated carbocycles. The second kappa shape index (κ2) is 5.64. The lowest BCUT2D eigenvalue weighted by Gasteiger charge is -2.04. The first-order valence-electron chi connectivity index (χ1n) is 5.63. The highest BCUT2D eigenvalue weighted by Crippen LogP contribution is 2.31. The molecule has 5 heteroatoms. The molecule has 1 N–H and O–H groups in total. The molecule has 4 nitrogen and oxygen atoms in total. The third-order valence-electron chi connectivity index (χ3n) is 2.41. The third-order valence-corrected chi connectivity index (χ3v) is 3.29. The summed E-state index contributed by atoms with van der Waals surface area (Å²) in [6.45, 7) is 2.48. The molecular weight excluding hydrogens is 248 g/mol. The minimum absolute atomic E-state index is 0.144. The van der Waals surface area contributed by atoms with Gasteiger partial charge >= 0.3 is 0 Å². The van der Waals surface area contributed by atoms with Crippen molar-refractivity contribution < 1.29 is 9.53 Å². The molecular formula is C13H14N2O2S. The predicted octanol–water partition coefficient (Wildman–Crippen LogP) is 2.57. The molecule has 0 radical (unpaired) electrons. The molecule has 0 aliphatic heterocycles. The van der Waals surface area contributed by atoms with Crippen molar-refractivity contribution in [2.45, 2.75) is 6.92 Å². The minimum atomic E-state index is -0.144. The van der Waals surface area contributed by atoms with E-state index in [1.165, 1.54) is 11.3 Å². The van der Waals surface area contributed by atoms with Crippen LogP contribution in [0, 0.1) is 0 Å². The zero-order chi connectivity index (χ0) is 13.0. The van der Waals surface area contributed by atoms with Crippen LogP contribution in [-0.2, 0) is 0 Å². The van der Waals surface area contributed by atoms with Crippen LogP contribution in [-0.4, -0.2) is 24.5 Å². The minimum Gasteiger partial charge on any atom is -0.496 e. The van der Waals surface area contributed by atoms with Gasteiger partial charge in [-0.3, -0.25) is 4.79 Å². The van der Waals surface area contributed by atoms with Gasteiger partial charge in [0.25, 0.3) is 5.91 Å². The number of carbonyl (C=O) groups is 1. The summed E-state index contributed by atoms with van der Waals surface area (Å²) in [4.78, 5) is 16.0. The third kappa shape index (κ3) is 2.51. The van der Waals surface area contributed by atoms with Crippen molar-refractivity contribution in [3.05, 3.63) is 35.3 Å². The van der Waals surface area contributed by atoms with Crippen molar-refractivity contribution >= 4 is 17.2 Å². The van der Waals surface area contributed by atoms with E-state index in [0.29, 0.717) is 12.2 Å². The Kier molecular flexibility index (Phi) is 3.94. The molecule has 18 heavy (non-hydrogen) atoms. The number of nitrogens with zero attached hydrogens (tertiary/aromatic N) is 1. The molecule has 1 amide bonds. The number of rotatable bonds is 4. The topological polar surface area (TPSA) is 51.2 Å². The smallest absolute Gasteiger partial charge is 0.270 e. The van der Waals surface area contributed by atoms with Gasteiger partial charge in [-0.1, -0.05) is 12.1 Å². The van der Waals surface area contributed by atoms with Crippen LogP contribution in [0.4, 0.5) is 0 Å². The van der Waals surface area contributed by atoms with Crippen LogP contribution >= 0.6 is 11.3 Å². The van der Waals surface area contributed by atoms with E-state index >= 15 is 0 Å². The summed E-state index contributed by atoms with van der Waals surface area (Å²) in [7, 11) is 1.62. The number of amides is 1. The normalized spacial score (nSPS) is 10.1. The quantitative estimate of drug-likeness (QED) is 0.921. The second-order valence-electron chi connectivity index (χ2n) is 3.60. The number of ether oxygens (including phenoxy) is 1. The van der Waals surface area contributed by atoms with Crippen molar-refractivity contribution in [1.82, 2.24) is 10.3 Å². The van der Waals surface area contributed by atoms with E-state index in [9.17, 15) is 4.79 Å². The van der Waals surface area contributed by atoms with Gasteiger partial charge in [0, 0.05) is 11.9 Å². The van der Waals surface area contributed by atoms with Gasteiger partial charge in [0.05, 0.1) is 12.7 Å². The summed E-state index contributed by atoms with van der Waals surface area (Å²) in [6.07, 6.45) is 0. The molecule has 0 saturated heterocycles. The van der Waals surface area contributed by atoms with E-state index < -0.39 is 0 Å². The molecule has 2 rings (SSSR count). The molecule has 0 spiro atoms. The van der Waals surface area contributed by atoms with E-state index in [2.05, 4.69) is 10.3 Å². The summed E-state index contributed by atoms with van der Waals surface area (Å²) in [5.74, 6) is 0.615. The van der Waals surface area contributed by atoms with E-state index in [1.807, 2.05) is 31.2 Å². The van der Waals surface area contributed by atoms with E-state index in [1.54, 1.807) is 12.5 Å². The molecule has 1 heterocycles. The fourth-order valence-corrected chi connectivity index (χ4v) is 2.40. The van der Waals surface area contributed by atoms with Crippen LogP contribution < -0.4 is 10.1 Å². The van der Waals surface area contributed by atoms with Crippen LogP contribution in [0.15, 0.2) is 29.6 Å². The van der Waals surface area contributed by atoms with Gasteiger partial charge in [0.15, 0.2) is 0 Å². The highest BCUT2D eigenvalue weighted by Gasteiger charge is 2.13. The summed E-state index contributed by atoms with van der Waals surface area (Å²) >= 11 is 1.43. The molecule has 2 aromatic rings. The standard InChI is InChI=1S/C13H14N2O2S/c1-3-14-12(16)10-8-18-13(15-10)9-6-4-5-7-11(9)17-2/h4-8H,3H2,1-2H3,(H,14,16). The van der Waals surface area contributed by atoms with Gasteiger partial charge in [-0.05, 0) is 19.1 Å². The van der Waals surface area contributed by atoms with Gasteiger partial charge in [-0.25, -0.2) is 4.98 Å². The fraction of sp³-hybridized carbons (Fsp3) is 0.231. The van der Waals surface area contributed by atoms with Gasteiger partial charge < -0.3 is 10.1 Å². The Balaban J connectivity index is 2.32. The van der Waals surface area contributed by atoms with Crippen molar-refractivity contribution in [3.8, 4) is 16.3 Å². The van der Waals surface area contributed by atoms with Crippen molar-refractivity contribution in [3.63, 3.8) is 0 Å². The lowest BCUT2D eigenvalue weighted by atomic mass is 10.2. The second-order valence-corrected chi connectivity index (χ2v) is 4.46. The highest BCUT2D eigenvalue weighted by atomic mass is 32.1. The number of thiazole rings is 1. The summed E-state index contributed by atoms with van der Waals surface area (Å²) in [5.41, 5.74) is 1.35. The van der Waals surface area contributed by atoms with Gasteiger partial charge in [0.2, 0.25) is 0 Å². The Hall–Kier alpha value is -1.88. The van der Waals surface area contributed by atoms with Gasteiger partial charge in [-0.2, -0.15) is 0 Å². The average Bonchev–Trinajstić information content (AvgIpc) is 2.88. The fourth-order valence-electron chi connectivity index (χ4n) is 1.57. The van der Waals surface area contributed by atoms with E-state index in [-0.39, 0.29) is 5.91 Å². The summed E-state index contributed by atoms with van der Waals surface area (Å²) in [5, 5.41) is 5.27. The average molecular weight is 262 g/mol. The van der Waals surface area contributed by atoms with Gasteiger partial charge in [-0.15, -0.1) is 11.3 Å². The van der Waals surface area contributed by atoms with Crippen LogP contribution in [0.2, 0.25) is 0 Å². The Labute approximate surface area is 110 Å². The molecule has 1 aromatic carbocycles. The van der Waals surface area contributed by atoms with Crippen LogP contribution in [0.1, 0.15) is 17.4 Å². The summed E-state index contributed by atoms with van der Waals surface area (Å²) in [6, 6.07) is 7.63. The zero-order valence-electron chi connectivity index (χ0n) is 10.3. The molecule has 94 valence electrons. The Morgan fingerprint density at radius 3 is 2.94 bits per heavy atom. The van der Waals surface area contributed by atoms with Crippen LogP contribution in [0.25, 0.3) is 10.6 Å². The molecule has 0 unspecified atom stereocenters. The number of aromatic nitrogens is 1. The lowest BCUT2D eigenvalue weighted by Crippen LogP contribution is -2.22. The SMILES string of the molecule is CCNC(=O)c1csc(-c2ccccc2OC)n1. The summed E-state index contributed by atoms with van der Waals surface area (Å²) < 4.78 is 5.28. The maximum Gasteiger partial charge on any atom is 0.270 e. The number of para-hydroxylation sites is 1. The molecule has 0 fully saturated rings. The highest BCUT2D eigenvalue weighted by molar-refractivity contribution is 7.13. The maximum atomic E-state index is 11.6. The predicted molar refractivity (Wildman–Crippen MR) is 72.1 cm³/mol. The molecule has 0 atom stereocenters. The number of nitrogens with one attached hydrogen (secondary N) is 1. The molecule has 1 aromatic heterocycles. The number of carbonyl (C=O) groups excluding carboxylic acids is 1. The van der Waals surface area contributed by atoms with Crippen molar-refractivity contribution in [2.24, 2.45) is 0 Å². The lowest BCUT2D eigenvalue weighted by molar-refractivity contribution is 0.0951. The first-order valence-corrected chi connectivity index (χ1v) is 6.51. The number of benzene rings is 1.